The molecule has 5 aromatic rings. The monoisotopic (exact) mass is 476 g/mol. The number of fused-ring (bicyclic) bond motifs is 4. The SMILES string of the molecule is COc1cc2c(c3ccccc13)Oc1ncn(/N=C/c3ccccc3)c(=N)c1C2c1ccc(F)cc1. The van der Waals surface area contributed by atoms with Crippen molar-refractivity contribution in [2.75, 3.05) is 7.11 Å². The summed E-state index contributed by atoms with van der Waals surface area (Å²) in [5.74, 6) is 0.882. The van der Waals surface area contributed by atoms with Crippen LogP contribution in [0, 0.1) is 11.2 Å². The smallest absolute Gasteiger partial charge is 0.228 e. The maximum absolute atomic E-state index is 13.9. The van der Waals surface area contributed by atoms with E-state index in [1.54, 1.807) is 25.5 Å². The van der Waals surface area contributed by atoms with Gasteiger partial charge in [-0.15, -0.1) is 0 Å². The number of halogens is 1. The Labute approximate surface area is 206 Å². The summed E-state index contributed by atoms with van der Waals surface area (Å²) in [5, 5.41) is 15.3. The van der Waals surface area contributed by atoms with Crippen LogP contribution in [0.4, 0.5) is 4.39 Å². The van der Waals surface area contributed by atoms with Gasteiger partial charge in [-0.05, 0) is 29.3 Å². The maximum Gasteiger partial charge on any atom is 0.228 e. The molecule has 1 unspecified atom stereocenters. The minimum absolute atomic E-state index is 0.124. The van der Waals surface area contributed by atoms with Crippen LogP contribution in [0.25, 0.3) is 10.8 Å². The number of hydrogen-bond donors (Lipinski definition) is 1. The molecule has 0 radical (unpaired) electrons. The quantitative estimate of drug-likeness (QED) is 0.325. The number of nitrogens with zero attached hydrogens (tertiary/aromatic N) is 3. The van der Waals surface area contributed by atoms with Crippen molar-refractivity contribution in [2.24, 2.45) is 5.10 Å². The van der Waals surface area contributed by atoms with Gasteiger partial charge in [0.1, 0.15) is 23.6 Å². The highest BCUT2D eigenvalue weighted by molar-refractivity contribution is 5.95. The molecule has 1 aliphatic heterocycles. The van der Waals surface area contributed by atoms with Gasteiger partial charge in [-0.3, -0.25) is 5.41 Å². The van der Waals surface area contributed by atoms with Crippen molar-refractivity contribution in [1.29, 1.82) is 5.41 Å². The lowest BCUT2D eigenvalue weighted by atomic mass is 9.82. The summed E-state index contributed by atoms with van der Waals surface area (Å²) in [6.07, 6.45) is 3.15. The third-order valence-electron chi connectivity index (χ3n) is 6.34. The zero-order valence-electron chi connectivity index (χ0n) is 19.4. The van der Waals surface area contributed by atoms with Gasteiger partial charge < -0.3 is 9.47 Å². The standard InChI is InChI=1S/C29H21FN4O2/c1-35-24-15-23-25(19-11-13-20(30)14-12-19)26-28(31)34(33-16-18-7-3-2-4-8-18)17-32-29(26)36-27(23)22-10-6-5-9-21(22)24/h2-17,25,31H,1H3/b31-28?,33-16+. The first kappa shape index (κ1) is 21.7. The van der Waals surface area contributed by atoms with Crippen molar-refractivity contribution >= 4 is 17.0 Å². The van der Waals surface area contributed by atoms with E-state index in [4.69, 9.17) is 14.9 Å². The molecule has 0 fully saturated rings. The number of benzene rings is 4. The molecule has 1 aromatic heterocycles. The molecule has 6 rings (SSSR count). The Morgan fingerprint density at radius 2 is 1.72 bits per heavy atom. The van der Waals surface area contributed by atoms with Crippen molar-refractivity contribution < 1.29 is 13.9 Å². The van der Waals surface area contributed by atoms with Crippen LogP contribution in [0.1, 0.15) is 28.2 Å². The minimum atomic E-state index is -0.442. The second-order valence-corrected chi connectivity index (χ2v) is 8.44. The molecule has 1 aliphatic rings. The fourth-order valence-corrected chi connectivity index (χ4v) is 4.64. The first-order valence-corrected chi connectivity index (χ1v) is 11.4. The van der Waals surface area contributed by atoms with E-state index in [1.165, 1.54) is 23.1 Å². The van der Waals surface area contributed by atoms with Crippen molar-refractivity contribution in [3.63, 3.8) is 0 Å². The molecular formula is C29H21FN4O2. The van der Waals surface area contributed by atoms with Gasteiger partial charge in [0, 0.05) is 22.3 Å². The normalized spacial score (nSPS) is 14.3. The van der Waals surface area contributed by atoms with E-state index in [1.807, 2.05) is 60.7 Å². The van der Waals surface area contributed by atoms with Crippen LogP contribution < -0.4 is 15.0 Å². The van der Waals surface area contributed by atoms with E-state index in [0.717, 1.165) is 27.5 Å². The number of rotatable bonds is 4. The summed E-state index contributed by atoms with van der Waals surface area (Å²) < 4.78 is 27.3. The molecule has 0 amide bonds. The Hall–Kier alpha value is -4.78. The van der Waals surface area contributed by atoms with Crippen LogP contribution in [-0.2, 0) is 0 Å². The van der Waals surface area contributed by atoms with Crippen molar-refractivity contribution in [3.8, 4) is 17.4 Å². The van der Waals surface area contributed by atoms with Crippen LogP contribution >= 0.6 is 0 Å². The van der Waals surface area contributed by atoms with Crippen LogP contribution in [0.5, 0.6) is 17.4 Å². The average Bonchev–Trinajstić information content (AvgIpc) is 2.92. The predicted molar refractivity (Wildman–Crippen MR) is 135 cm³/mol. The van der Waals surface area contributed by atoms with E-state index in [9.17, 15) is 4.39 Å². The molecule has 0 aliphatic carbocycles. The van der Waals surface area contributed by atoms with Crippen LogP contribution in [0.2, 0.25) is 0 Å². The lowest BCUT2D eigenvalue weighted by Crippen LogP contribution is -2.28. The van der Waals surface area contributed by atoms with Gasteiger partial charge in [-0.25, -0.2) is 14.1 Å². The van der Waals surface area contributed by atoms with Crippen LogP contribution in [0.3, 0.4) is 0 Å². The van der Waals surface area contributed by atoms with E-state index in [2.05, 4.69) is 10.1 Å². The average molecular weight is 477 g/mol. The first-order valence-electron chi connectivity index (χ1n) is 11.4. The predicted octanol–water partition coefficient (Wildman–Crippen LogP) is 5.83. The van der Waals surface area contributed by atoms with E-state index in [-0.39, 0.29) is 11.3 Å². The number of ether oxygens (including phenoxy) is 2. The van der Waals surface area contributed by atoms with E-state index >= 15 is 0 Å². The Morgan fingerprint density at radius 1 is 1.00 bits per heavy atom. The Morgan fingerprint density at radius 3 is 2.47 bits per heavy atom. The van der Waals surface area contributed by atoms with Crippen LogP contribution in [0.15, 0.2) is 96.4 Å². The van der Waals surface area contributed by atoms with Crippen molar-refractivity contribution in [2.45, 2.75) is 5.92 Å². The summed E-state index contributed by atoms with van der Waals surface area (Å²) in [6.45, 7) is 0. The third kappa shape index (κ3) is 3.62. The lowest BCUT2D eigenvalue weighted by Gasteiger charge is -2.29. The Bertz CT molecular complexity index is 1680. The van der Waals surface area contributed by atoms with Gasteiger partial charge in [-0.1, -0.05) is 66.7 Å². The second-order valence-electron chi connectivity index (χ2n) is 8.44. The molecule has 0 saturated carbocycles. The molecule has 4 aromatic carbocycles. The second kappa shape index (κ2) is 8.78. The topological polar surface area (TPSA) is 72.5 Å². The summed E-state index contributed by atoms with van der Waals surface area (Å²) in [5.41, 5.74) is 3.18. The van der Waals surface area contributed by atoms with E-state index in [0.29, 0.717) is 22.9 Å². The highest BCUT2D eigenvalue weighted by Gasteiger charge is 2.34. The van der Waals surface area contributed by atoms with Crippen LogP contribution in [-0.4, -0.2) is 23.0 Å². The number of aromatic nitrogens is 2. The lowest BCUT2D eigenvalue weighted by molar-refractivity contribution is 0.410. The zero-order chi connectivity index (χ0) is 24.6. The van der Waals surface area contributed by atoms with Gasteiger partial charge in [0.25, 0.3) is 0 Å². The maximum atomic E-state index is 13.9. The number of hydrogen-bond acceptors (Lipinski definition) is 5. The molecule has 36 heavy (non-hydrogen) atoms. The molecule has 0 bridgehead atoms. The molecule has 1 N–H and O–H groups in total. The molecule has 2 heterocycles. The molecular weight excluding hydrogens is 455 g/mol. The molecule has 1 atom stereocenters. The molecule has 176 valence electrons. The summed E-state index contributed by atoms with van der Waals surface area (Å²) >= 11 is 0. The zero-order valence-corrected chi connectivity index (χ0v) is 19.4. The summed E-state index contributed by atoms with van der Waals surface area (Å²) in [6, 6.07) is 25.7. The molecule has 0 spiro atoms. The van der Waals surface area contributed by atoms with Crippen molar-refractivity contribution in [1.82, 2.24) is 9.66 Å². The number of methoxy groups -OCH3 is 1. The molecule has 7 heteroatoms. The van der Waals surface area contributed by atoms with Gasteiger partial charge in [-0.2, -0.15) is 5.10 Å². The highest BCUT2D eigenvalue weighted by Crippen LogP contribution is 2.50. The Balaban J connectivity index is 1.59. The first-order chi connectivity index (χ1) is 17.6. The largest absolute Gasteiger partial charge is 0.496 e. The molecule has 0 saturated heterocycles. The number of nitrogens with one attached hydrogen (secondary N) is 1. The highest BCUT2D eigenvalue weighted by atomic mass is 19.1. The fraction of sp³-hybridized carbons (Fsp3) is 0.0690. The van der Waals surface area contributed by atoms with Gasteiger partial charge in [0.15, 0.2) is 5.49 Å². The third-order valence-corrected chi connectivity index (χ3v) is 6.34. The molecule has 6 nitrogen and oxygen atoms in total. The Kier molecular flexibility index (Phi) is 5.30. The van der Waals surface area contributed by atoms with E-state index < -0.39 is 5.92 Å². The fourth-order valence-electron chi connectivity index (χ4n) is 4.64. The van der Waals surface area contributed by atoms with Gasteiger partial charge in [0.2, 0.25) is 5.88 Å². The summed E-state index contributed by atoms with van der Waals surface area (Å²) in [4.78, 5) is 4.54. The minimum Gasteiger partial charge on any atom is -0.496 e. The summed E-state index contributed by atoms with van der Waals surface area (Å²) in [7, 11) is 1.63. The van der Waals surface area contributed by atoms with Gasteiger partial charge in [0.05, 0.1) is 18.9 Å². The van der Waals surface area contributed by atoms with Crippen molar-refractivity contribution in [3.05, 3.63) is 125 Å². The van der Waals surface area contributed by atoms with Gasteiger partial charge >= 0.3 is 0 Å².